The molecule has 0 aliphatic carbocycles. The second-order valence-electron chi connectivity index (χ2n) is 8.02. The van der Waals surface area contributed by atoms with Gasteiger partial charge in [-0.05, 0) is 37.6 Å². The molecule has 0 saturated carbocycles. The van der Waals surface area contributed by atoms with Crippen LogP contribution in [0.2, 0.25) is 5.02 Å². The van der Waals surface area contributed by atoms with Gasteiger partial charge in [-0.25, -0.2) is 0 Å². The maximum atomic E-state index is 12.9. The molecule has 0 spiro atoms. The van der Waals surface area contributed by atoms with Crippen molar-refractivity contribution >= 4 is 28.9 Å². The highest BCUT2D eigenvalue weighted by molar-refractivity contribution is 6.32. The van der Waals surface area contributed by atoms with E-state index >= 15 is 0 Å². The van der Waals surface area contributed by atoms with Gasteiger partial charge in [0.25, 0.3) is 5.91 Å². The van der Waals surface area contributed by atoms with Gasteiger partial charge in [-0.15, -0.1) is 0 Å². The van der Waals surface area contributed by atoms with Gasteiger partial charge in [0, 0.05) is 36.6 Å². The smallest absolute Gasteiger partial charge is 0.255 e. The van der Waals surface area contributed by atoms with Crippen molar-refractivity contribution in [2.45, 2.75) is 25.3 Å². The Kier molecular flexibility index (Phi) is 5.95. The van der Waals surface area contributed by atoms with Gasteiger partial charge >= 0.3 is 0 Å². The van der Waals surface area contributed by atoms with E-state index in [-0.39, 0.29) is 11.9 Å². The van der Waals surface area contributed by atoms with Crippen LogP contribution in [-0.2, 0) is 6.42 Å². The van der Waals surface area contributed by atoms with E-state index < -0.39 is 0 Å². The number of aromatic nitrogens is 2. The molecule has 1 saturated heterocycles. The van der Waals surface area contributed by atoms with Crippen LogP contribution in [-0.4, -0.2) is 42.1 Å². The number of fused-ring (bicyclic) bond motifs is 1. The Morgan fingerprint density at radius 1 is 1.27 bits per heavy atom. The second kappa shape index (κ2) is 9.18. The lowest BCUT2D eigenvalue weighted by atomic mass is 10.0. The highest BCUT2D eigenvalue weighted by Gasteiger charge is 2.28. The van der Waals surface area contributed by atoms with E-state index in [9.17, 15) is 4.79 Å². The zero-order valence-corrected chi connectivity index (χ0v) is 19.0. The number of halogens is 1. The van der Waals surface area contributed by atoms with Gasteiger partial charge in [-0.1, -0.05) is 29.5 Å². The minimum Gasteiger partial charge on any atom is -0.493 e. The van der Waals surface area contributed by atoms with E-state index in [2.05, 4.69) is 37.8 Å². The van der Waals surface area contributed by atoms with E-state index in [4.69, 9.17) is 16.3 Å². The molecule has 33 heavy (non-hydrogen) atoms. The Hall–Kier alpha value is -3.47. The summed E-state index contributed by atoms with van der Waals surface area (Å²) in [5.74, 6) is 7.01. The summed E-state index contributed by atoms with van der Waals surface area (Å²) in [6, 6.07) is 7.58. The molecule has 7 nitrogen and oxygen atoms in total. The lowest BCUT2D eigenvalue weighted by molar-refractivity contribution is 0.0947. The molecule has 8 heteroatoms. The maximum absolute atomic E-state index is 12.9. The number of methoxy groups -OCH3 is 1. The molecule has 2 aliphatic heterocycles. The van der Waals surface area contributed by atoms with Crippen LogP contribution >= 0.6 is 11.6 Å². The molecular weight excluding hydrogens is 438 g/mol. The van der Waals surface area contributed by atoms with E-state index in [1.165, 1.54) is 0 Å². The fourth-order valence-electron chi connectivity index (χ4n) is 4.34. The maximum Gasteiger partial charge on any atom is 0.255 e. The summed E-state index contributed by atoms with van der Waals surface area (Å²) in [6.07, 6.45) is 6.38. The van der Waals surface area contributed by atoms with Gasteiger partial charge < -0.3 is 25.7 Å². The van der Waals surface area contributed by atoms with Crippen molar-refractivity contribution in [2.75, 3.05) is 25.5 Å². The number of ether oxygens (including phenoxy) is 1. The first-order chi connectivity index (χ1) is 16.2. The van der Waals surface area contributed by atoms with Crippen molar-refractivity contribution in [1.82, 2.24) is 20.6 Å². The van der Waals surface area contributed by atoms with Crippen LogP contribution in [0.25, 0.3) is 11.3 Å². The Labute approximate surface area is 197 Å². The fourth-order valence-corrected chi connectivity index (χ4v) is 4.59. The highest BCUT2D eigenvalue weighted by atomic mass is 35.5. The Morgan fingerprint density at radius 2 is 2.18 bits per heavy atom. The number of nitrogens with one attached hydrogen (secondary N) is 4. The number of carbonyl (C=O) groups is 1. The molecule has 1 fully saturated rings. The third-order valence-electron chi connectivity index (χ3n) is 5.93. The van der Waals surface area contributed by atoms with Crippen LogP contribution in [0.3, 0.4) is 0 Å². The summed E-state index contributed by atoms with van der Waals surface area (Å²) in [6.45, 7) is 1.58. The van der Waals surface area contributed by atoms with Crippen molar-refractivity contribution in [3.63, 3.8) is 0 Å². The topological polar surface area (TPSA) is 91.1 Å². The quantitative estimate of drug-likeness (QED) is 0.443. The van der Waals surface area contributed by atoms with Gasteiger partial charge in [-0.2, -0.15) is 0 Å². The normalized spacial score (nSPS) is 17.0. The first-order valence-electron chi connectivity index (χ1n) is 11.0. The number of carbonyl (C=O) groups excluding carboxylic acids is 1. The average molecular weight is 462 g/mol. The number of rotatable bonds is 4. The van der Waals surface area contributed by atoms with Gasteiger partial charge in [0.15, 0.2) is 5.75 Å². The zero-order valence-electron chi connectivity index (χ0n) is 18.2. The molecule has 4 heterocycles. The predicted octanol–water partition coefficient (Wildman–Crippen LogP) is 3.87. The number of H-pyrrole nitrogens is 1. The third kappa shape index (κ3) is 4.15. The minimum atomic E-state index is -0.126. The van der Waals surface area contributed by atoms with Crippen molar-refractivity contribution < 1.29 is 9.53 Å². The Bertz CT molecular complexity index is 1270. The molecule has 1 atom stereocenters. The number of nitrogens with zero attached hydrogens (tertiary/aromatic N) is 1. The first kappa shape index (κ1) is 21.4. The van der Waals surface area contributed by atoms with Gasteiger partial charge in [0.2, 0.25) is 0 Å². The van der Waals surface area contributed by atoms with E-state index in [0.29, 0.717) is 40.7 Å². The monoisotopic (exact) mass is 461 g/mol. The molecule has 5 rings (SSSR count). The summed E-state index contributed by atoms with van der Waals surface area (Å²) in [7, 11) is 1.57. The van der Waals surface area contributed by atoms with Gasteiger partial charge in [-0.3, -0.25) is 9.78 Å². The molecule has 4 N–H and O–H groups in total. The SMILES string of the molecule is COc1c(Cl)cccc1Nc1c(-c2ccncc2C#CC2CCCN2)[nH]c2c1C(=O)NCC2. The van der Waals surface area contributed by atoms with Crippen molar-refractivity contribution in [1.29, 1.82) is 0 Å². The van der Waals surface area contributed by atoms with Crippen molar-refractivity contribution in [3.8, 4) is 28.8 Å². The number of anilines is 2. The molecule has 2 aromatic heterocycles. The van der Waals surface area contributed by atoms with Crippen LogP contribution in [0.1, 0.15) is 34.5 Å². The van der Waals surface area contributed by atoms with E-state index in [1.807, 2.05) is 18.2 Å². The number of hydrogen-bond donors (Lipinski definition) is 4. The molecule has 2 aliphatic rings. The second-order valence-corrected chi connectivity index (χ2v) is 8.43. The predicted molar refractivity (Wildman–Crippen MR) is 129 cm³/mol. The standard InChI is InChI=1S/C25H24ClN5O2/c1-33-24-18(26)5-2-6-20(24)31-23-21-19(10-13-29-25(21)32)30-22(23)17-9-12-27-14-15(17)7-8-16-4-3-11-28-16/h2,5-6,9,12,14,16,28,30-31H,3-4,10-11,13H2,1H3,(H,29,32). The molecule has 168 valence electrons. The summed E-state index contributed by atoms with van der Waals surface area (Å²) >= 11 is 6.34. The lowest BCUT2D eigenvalue weighted by Crippen LogP contribution is -2.31. The third-order valence-corrected chi connectivity index (χ3v) is 6.23. The number of benzene rings is 1. The summed E-state index contributed by atoms with van der Waals surface area (Å²) in [5, 5.41) is 10.2. The zero-order chi connectivity index (χ0) is 22.8. The number of hydrogen-bond acceptors (Lipinski definition) is 5. The van der Waals surface area contributed by atoms with Crippen LogP contribution in [0.4, 0.5) is 11.4 Å². The Morgan fingerprint density at radius 3 is 3.00 bits per heavy atom. The molecule has 1 aromatic carbocycles. The van der Waals surface area contributed by atoms with Crippen molar-refractivity contribution in [2.24, 2.45) is 0 Å². The number of pyridine rings is 1. The fraction of sp³-hybridized carbons (Fsp3) is 0.280. The summed E-state index contributed by atoms with van der Waals surface area (Å²) < 4.78 is 5.52. The minimum absolute atomic E-state index is 0.126. The molecule has 1 amide bonds. The molecule has 0 radical (unpaired) electrons. The largest absolute Gasteiger partial charge is 0.493 e. The average Bonchev–Trinajstić information content (AvgIpc) is 3.47. The Balaban J connectivity index is 1.64. The molecular formula is C25H24ClN5O2. The lowest BCUT2D eigenvalue weighted by Gasteiger charge is -2.17. The van der Waals surface area contributed by atoms with Crippen LogP contribution < -0.4 is 20.7 Å². The first-order valence-corrected chi connectivity index (χ1v) is 11.4. The van der Waals surface area contributed by atoms with Crippen molar-refractivity contribution in [3.05, 3.63) is 58.5 Å². The van der Waals surface area contributed by atoms with Gasteiger partial charge in [0.1, 0.15) is 0 Å². The summed E-state index contributed by atoms with van der Waals surface area (Å²) in [5.41, 5.74) is 5.26. The van der Waals surface area contributed by atoms with Crippen LogP contribution in [0.15, 0.2) is 36.7 Å². The summed E-state index contributed by atoms with van der Waals surface area (Å²) in [4.78, 5) is 20.6. The number of aromatic amines is 1. The number of para-hydroxylation sites is 1. The van der Waals surface area contributed by atoms with Crippen LogP contribution in [0.5, 0.6) is 5.75 Å². The molecule has 0 bridgehead atoms. The number of amides is 1. The highest BCUT2D eigenvalue weighted by Crippen LogP contribution is 2.41. The molecule has 3 aromatic rings. The van der Waals surface area contributed by atoms with Gasteiger partial charge in [0.05, 0.1) is 46.4 Å². The van der Waals surface area contributed by atoms with E-state index in [1.54, 1.807) is 25.6 Å². The van der Waals surface area contributed by atoms with E-state index in [0.717, 1.165) is 41.9 Å². The van der Waals surface area contributed by atoms with Crippen LogP contribution in [0, 0.1) is 11.8 Å². The molecule has 1 unspecified atom stereocenters.